The van der Waals surface area contributed by atoms with Crippen molar-refractivity contribution < 1.29 is 14.2 Å². The Bertz CT molecular complexity index is 317. The first kappa shape index (κ1) is 12.4. The summed E-state index contributed by atoms with van der Waals surface area (Å²) in [5.41, 5.74) is 0.564. The lowest BCUT2D eigenvalue weighted by molar-refractivity contribution is 0.136. The lowest BCUT2D eigenvalue weighted by Crippen LogP contribution is -2.01. The lowest BCUT2D eigenvalue weighted by Gasteiger charge is -2.12. The van der Waals surface area contributed by atoms with E-state index in [-0.39, 0.29) is 5.02 Å². The summed E-state index contributed by atoms with van der Waals surface area (Å²) in [4.78, 5) is 0. The Morgan fingerprint density at radius 3 is 2.87 bits per heavy atom. The number of halogens is 2. The number of aliphatic hydroxyl groups is 1. The highest BCUT2D eigenvalue weighted by molar-refractivity contribution is 6.31. The maximum Gasteiger partial charge on any atom is 0.124 e. The van der Waals surface area contributed by atoms with Gasteiger partial charge in [0.05, 0.1) is 6.10 Å². The van der Waals surface area contributed by atoms with E-state index in [0.717, 1.165) is 6.42 Å². The highest BCUT2D eigenvalue weighted by Crippen LogP contribution is 2.26. The van der Waals surface area contributed by atoms with Gasteiger partial charge < -0.3 is 9.84 Å². The minimum Gasteiger partial charge on any atom is -0.388 e. The van der Waals surface area contributed by atoms with Crippen molar-refractivity contribution in [3.05, 3.63) is 34.6 Å². The molecule has 0 saturated heterocycles. The maximum absolute atomic E-state index is 12.7. The summed E-state index contributed by atoms with van der Waals surface area (Å²) in [6, 6.07) is 4.01. The van der Waals surface area contributed by atoms with Gasteiger partial charge in [-0.2, -0.15) is 0 Å². The Labute approximate surface area is 93.6 Å². The smallest absolute Gasteiger partial charge is 0.124 e. The number of aliphatic hydroxyl groups excluding tert-OH is 1. The van der Waals surface area contributed by atoms with Crippen molar-refractivity contribution in [2.45, 2.75) is 18.9 Å². The molecule has 84 valence electrons. The van der Waals surface area contributed by atoms with Crippen LogP contribution in [0.3, 0.4) is 0 Å². The van der Waals surface area contributed by atoms with Crippen molar-refractivity contribution >= 4 is 11.6 Å². The predicted octanol–water partition coefficient (Wildman–Crippen LogP) is 2.94. The molecule has 1 aromatic carbocycles. The van der Waals surface area contributed by atoms with Crippen LogP contribution >= 0.6 is 11.6 Å². The summed E-state index contributed by atoms with van der Waals surface area (Å²) in [5.74, 6) is -0.396. The van der Waals surface area contributed by atoms with Gasteiger partial charge in [0.2, 0.25) is 0 Å². The molecule has 0 radical (unpaired) electrons. The summed E-state index contributed by atoms with van der Waals surface area (Å²) < 4.78 is 17.6. The SMILES string of the molecule is COCCCC(O)c1ccc(F)cc1Cl. The van der Waals surface area contributed by atoms with Gasteiger partial charge in [-0.05, 0) is 30.5 Å². The van der Waals surface area contributed by atoms with E-state index in [9.17, 15) is 9.50 Å². The van der Waals surface area contributed by atoms with Gasteiger partial charge >= 0.3 is 0 Å². The predicted molar refractivity (Wildman–Crippen MR) is 57.5 cm³/mol. The molecule has 15 heavy (non-hydrogen) atoms. The third kappa shape index (κ3) is 3.78. The number of rotatable bonds is 5. The van der Waals surface area contributed by atoms with Crippen LogP contribution in [0.15, 0.2) is 18.2 Å². The van der Waals surface area contributed by atoms with Crippen LogP contribution in [0.2, 0.25) is 5.02 Å². The van der Waals surface area contributed by atoms with Crippen molar-refractivity contribution in [2.75, 3.05) is 13.7 Å². The standard InChI is InChI=1S/C11H14ClFO2/c1-15-6-2-3-11(14)9-5-4-8(13)7-10(9)12/h4-5,7,11,14H,2-3,6H2,1H3. The third-order valence-corrected chi connectivity index (χ3v) is 2.47. The van der Waals surface area contributed by atoms with Gasteiger partial charge in [-0.15, -0.1) is 0 Å². The van der Waals surface area contributed by atoms with Crippen LogP contribution in [0.1, 0.15) is 24.5 Å². The summed E-state index contributed by atoms with van der Waals surface area (Å²) >= 11 is 5.81. The van der Waals surface area contributed by atoms with E-state index in [1.165, 1.54) is 18.2 Å². The molecule has 0 bridgehead atoms. The molecule has 1 N–H and O–H groups in total. The molecule has 1 aromatic rings. The Morgan fingerprint density at radius 1 is 1.53 bits per heavy atom. The number of methoxy groups -OCH3 is 1. The van der Waals surface area contributed by atoms with E-state index in [2.05, 4.69) is 0 Å². The van der Waals surface area contributed by atoms with E-state index >= 15 is 0 Å². The number of hydrogen-bond donors (Lipinski definition) is 1. The van der Waals surface area contributed by atoms with Crippen molar-refractivity contribution in [3.8, 4) is 0 Å². The van der Waals surface area contributed by atoms with E-state index in [4.69, 9.17) is 16.3 Å². The second kappa shape index (κ2) is 6.05. The number of ether oxygens (including phenoxy) is 1. The van der Waals surface area contributed by atoms with Crippen molar-refractivity contribution in [3.63, 3.8) is 0 Å². The van der Waals surface area contributed by atoms with Crippen molar-refractivity contribution in [1.82, 2.24) is 0 Å². The second-order valence-electron chi connectivity index (χ2n) is 3.32. The van der Waals surface area contributed by atoms with Gasteiger partial charge in [-0.1, -0.05) is 17.7 Å². The lowest BCUT2D eigenvalue weighted by atomic mass is 10.1. The molecule has 0 amide bonds. The molecule has 0 fully saturated rings. The largest absolute Gasteiger partial charge is 0.388 e. The molecule has 0 aliphatic carbocycles. The van der Waals surface area contributed by atoms with E-state index < -0.39 is 11.9 Å². The van der Waals surface area contributed by atoms with E-state index in [0.29, 0.717) is 18.6 Å². The van der Waals surface area contributed by atoms with Gasteiger partial charge in [-0.25, -0.2) is 4.39 Å². The Hall–Kier alpha value is -0.640. The van der Waals surface area contributed by atoms with Gasteiger partial charge in [0.15, 0.2) is 0 Å². The fourth-order valence-electron chi connectivity index (χ4n) is 1.35. The van der Waals surface area contributed by atoms with E-state index in [1.807, 2.05) is 0 Å². The van der Waals surface area contributed by atoms with Crippen LogP contribution in [0.5, 0.6) is 0 Å². The fraction of sp³-hybridized carbons (Fsp3) is 0.455. The molecule has 0 heterocycles. The Balaban J connectivity index is 2.61. The van der Waals surface area contributed by atoms with Crippen molar-refractivity contribution in [1.29, 1.82) is 0 Å². The maximum atomic E-state index is 12.7. The average molecular weight is 233 g/mol. The molecule has 0 aromatic heterocycles. The first-order chi connectivity index (χ1) is 7.15. The molecule has 0 aliphatic heterocycles. The molecule has 1 atom stereocenters. The summed E-state index contributed by atoms with van der Waals surface area (Å²) in [5, 5.41) is 10.0. The van der Waals surface area contributed by atoms with Crippen LogP contribution in [0, 0.1) is 5.82 Å². The highest BCUT2D eigenvalue weighted by atomic mass is 35.5. The van der Waals surface area contributed by atoms with Crippen LogP contribution < -0.4 is 0 Å². The Morgan fingerprint density at radius 2 is 2.27 bits per heavy atom. The quantitative estimate of drug-likeness (QED) is 0.791. The topological polar surface area (TPSA) is 29.5 Å². The molecule has 4 heteroatoms. The highest BCUT2D eigenvalue weighted by Gasteiger charge is 2.11. The third-order valence-electron chi connectivity index (χ3n) is 2.15. The number of hydrogen-bond acceptors (Lipinski definition) is 2. The zero-order chi connectivity index (χ0) is 11.3. The molecule has 0 spiro atoms. The molecule has 1 rings (SSSR count). The second-order valence-corrected chi connectivity index (χ2v) is 3.72. The van der Waals surface area contributed by atoms with Crippen LogP contribution in [0.25, 0.3) is 0 Å². The first-order valence-electron chi connectivity index (χ1n) is 4.77. The van der Waals surface area contributed by atoms with Crippen LogP contribution in [-0.2, 0) is 4.74 Å². The van der Waals surface area contributed by atoms with Crippen molar-refractivity contribution in [2.24, 2.45) is 0 Å². The molecule has 1 unspecified atom stereocenters. The zero-order valence-electron chi connectivity index (χ0n) is 8.54. The van der Waals surface area contributed by atoms with Crippen LogP contribution in [-0.4, -0.2) is 18.8 Å². The summed E-state index contributed by atoms with van der Waals surface area (Å²) in [6.45, 7) is 0.593. The van der Waals surface area contributed by atoms with Gasteiger partial charge in [0, 0.05) is 18.7 Å². The first-order valence-corrected chi connectivity index (χ1v) is 5.15. The summed E-state index contributed by atoms with van der Waals surface area (Å²) in [6.07, 6.45) is 0.637. The normalized spacial score (nSPS) is 12.8. The summed E-state index contributed by atoms with van der Waals surface area (Å²) in [7, 11) is 1.61. The monoisotopic (exact) mass is 232 g/mol. The average Bonchev–Trinajstić information content (AvgIpc) is 2.17. The van der Waals surface area contributed by atoms with Gasteiger partial charge in [0.25, 0.3) is 0 Å². The molecular weight excluding hydrogens is 219 g/mol. The molecule has 2 nitrogen and oxygen atoms in total. The molecular formula is C11H14ClFO2. The molecule has 0 aliphatic rings. The minimum absolute atomic E-state index is 0.264. The van der Waals surface area contributed by atoms with E-state index in [1.54, 1.807) is 7.11 Å². The molecule has 0 saturated carbocycles. The Kier molecular flexibility index (Phi) is 5.02. The minimum atomic E-state index is -0.659. The number of benzene rings is 1. The van der Waals surface area contributed by atoms with Gasteiger partial charge in [0.1, 0.15) is 5.82 Å². The van der Waals surface area contributed by atoms with Gasteiger partial charge in [-0.3, -0.25) is 0 Å². The fourth-order valence-corrected chi connectivity index (χ4v) is 1.64. The zero-order valence-corrected chi connectivity index (χ0v) is 9.30. The van der Waals surface area contributed by atoms with Crippen LogP contribution in [0.4, 0.5) is 4.39 Å².